The summed E-state index contributed by atoms with van der Waals surface area (Å²) >= 11 is 8.37. The van der Waals surface area contributed by atoms with E-state index in [0.717, 1.165) is 0 Å². The van der Waals surface area contributed by atoms with Crippen LogP contribution in [0.15, 0.2) is 0 Å². The second kappa shape index (κ2) is 3.49. The second-order valence-corrected chi connectivity index (χ2v) is 27.9. The van der Waals surface area contributed by atoms with Gasteiger partial charge in [-0.1, -0.05) is 0 Å². The summed E-state index contributed by atoms with van der Waals surface area (Å²) in [6, 6.07) is 0. The van der Waals surface area contributed by atoms with Gasteiger partial charge in [-0.15, -0.1) is 0 Å². The van der Waals surface area contributed by atoms with Gasteiger partial charge < -0.3 is 0 Å². The lowest BCUT2D eigenvalue weighted by atomic mass is 11.3. The molecule has 0 N–H and O–H groups in total. The van der Waals surface area contributed by atoms with Gasteiger partial charge >= 0.3 is 0 Å². The molecule has 0 atom stereocenters. The molecule has 0 aliphatic carbocycles. The molecule has 0 aromatic heterocycles. The van der Waals surface area contributed by atoms with E-state index in [2.05, 4.69) is 78.3 Å². The molecule has 0 aromatic rings. The van der Waals surface area contributed by atoms with Crippen LogP contribution in [0.4, 0.5) is 0 Å². The standard InChI is InChI=1S/C2H6BrI2NP/c1-6(2)7(3,4)5/h1-2H3/q+1. The molecule has 0 spiro atoms. The lowest BCUT2D eigenvalue weighted by molar-refractivity contribution is 0.698. The predicted molar refractivity (Wildman–Crippen MR) is 57.6 cm³/mol. The highest BCUT2D eigenvalue weighted by molar-refractivity contribution is 14.3. The average molecular weight is 409 g/mol. The third-order valence-corrected chi connectivity index (χ3v) is 8.44. The Balaban J connectivity index is 3.54. The molecule has 0 heterocycles. The van der Waals surface area contributed by atoms with E-state index >= 15 is 0 Å². The molecule has 0 saturated carbocycles. The van der Waals surface area contributed by atoms with E-state index in [1.807, 2.05) is 0 Å². The predicted octanol–water partition coefficient (Wildman–Crippen LogP) is 3.49. The molecule has 0 aliphatic heterocycles. The van der Waals surface area contributed by atoms with Crippen LogP contribution in [0.3, 0.4) is 0 Å². The van der Waals surface area contributed by atoms with Gasteiger partial charge in [0.15, 0.2) is 15.5 Å². The lowest BCUT2D eigenvalue weighted by Gasteiger charge is -2.08. The van der Waals surface area contributed by atoms with E-state index in [1.165, 1.54) is 0 Å². The van der Waals surface area contributed by atoms with Gasteiger partial charge in [0.05, 0.1) is 0 Å². The molecule has 44 valence electrons. The van der Waals surface area contributed by atoms with Gasteiger partial charge in [0.25, 0.3) is 1.40 Å². The largest absolute Gasteiger partial charge is 0.272 e. The molecule has 0 bridgehead atoms. The van der Waals surface area contributed by atoms with Gasteiger partial charge in [-0.05, 0) is 0 Å². The average Bonchev–Trinajstić information content (AvgIpc) is 1.31. The Morgan fingerprint density at radius 2 is 1.57 bits per heavy atom. The summed E-state index contributed by atoms with van der Waals surface area (Å²) in [5.41, 5.74) is 0. The first-order chi connectivity index (χ1) is 2.94. The van der Waals surface area contributed by atoms with Crippen LogP contribution in [0.2, 0.25) is 0 Å². The molecule has 0 saturated heterocycles. The Morgan fingerprint density at radius 1 is 1.43 bits per heavy atom. The van der Waals surface area contributed by atoms with Crippen LogP contribution in [0, 0.1) is 0 Å². The van der Waals surface area contributed by atoms with Crippen molar-refractivity contribution in [3.05, 3.63) is 0 Å². The molecule has 0 aromatic carbocycles. The highest BCUT2D eigenvalue weighted by atomic mass is 127. The number of halogens is 3. The fourth-order valence-corrected chi connectivity index (χ4v) is 0. The SMILES string of the molecule is CN(C)[P+](Br)(I)I. The Kier molecular flexibility index (Phi) is 4.65. The smallest absolute Gasteiger partial charge is 0.160 e. The summed E-state index contributed by atoms with van der Waals surface area (Å²) in [5, 5.41) is 0. The van der Waals surface area contributed by atoms with Crippen molar-refractivity contribution < 1.29 is 0 Å². The first kappa shape index (κ1) is 9.33. The third kappa shape index (κ3) is 4.81. The van der Waals surface area contributed by atoms with E-state index in [0.29, 0.717) is 0 Å². The van der Waals surface area contributed by atoms with Gasteiger partial charge in [0.2, 0.25) is 44.1 Å². The summed E-state index contributed by atoms with van der Waals surface area (Å²) in [6.45, 7) is 0. The maximum Gasteiger partial charge on any atom is 0.272 e. The molecule has 0 rings (SSSR count). The molecular formula is C2H6BrI2NP+. The molecular weight excluding hydrogens is 403 g/mol. The fraction of sp³-hybridized carbons (Fsp3) is 1.00. The Morgan fingerprint density at radius 3 is 1.57 bits per heavy atom. The molecule has 0 radical (unpaired) electrons. The maximum absolute atomic E-state index is 3.55. The Bertz CT molecular complexity index is 61.2. The minimum atomic E-state index is -0.902. The van der Waals surface area contributed by atoms with Gasteiger partial charge in [-0.3, -0.25) is 0 Å². The second-order valence-electron chi connectivity index (χ2n) is 1.27. The Hall–Kier alpha value is 2.33. The van der Waals surface area contributed by atoms with Gasteiger partial charge in [0, 0.05) is 14.1 Å². The van der Waals surface area contributed by atoms with Crippen LogP contribution in [-0.4, -0.2) is 18.8 Å². The number of hydrogen-bond donors (Lipinski definition) is 0. The van der Waals surface area contributed by atoms with Crippen LogP contribution in [0.5, 0.6) is 0 Å². The molecule has 5 heteroatoms. The zero-order valence-electron chi connectivity index (χ0n) is 4.03. The van der Waals surface area contributed by atoms with E-state index < -0.39 is 1.40 Å². The van der Waals surface area contributed by atoms with Crippen LogP contribution < -0.4 is 0 Å². The summed E-state index contributed by atoms with van der Waals surface area (Å²) in [5.74, 6) is 0. The maximum atomic E-state index is 3.55. The highest BCUT2D eigenvalue weighted by Crippen LogP contribution is 2.81. The minimum absolute atomic E-state index is 0.902. The highest BCUT2D eigenvalue weighted by Gasteiger charge is 2.32. The van der Waals surface area contributed by atoms with Crippen LogP contribution in [0.1, 0.15) is 0 Å². The van der Waals surface area contributed by atoms with Crippen molar-refractivity contribution >= 4 is 61.0 Å². The zero-order valence-corrected chi connectivity index (χ0v) is 10.8. The monoisotopic (exact) mass is 408 g/mol. The quantitative estimate of drug-likeness (QED) is 0.474. The fourth-order valence-electron chi connectivity index (χ4n) is 0. The molecule has 0 fully saturated rings. The zero-order chi connectivity index (χ0) is 6.08. The first-order valence-corrected chi connectivity index (χ1v) is 10.9. The Labute approximate surface area is 78.7 Å². The van der Waals surface area contributed by atoms with Crippen molar-refractivity contribution in [3.8, 4) is 0 Å². The van der Waals surface area contributed by atoms with E-state index in [9.17, 15) is 0 Å². The van der Waals surface area contributed by atoms with Crippen molar-refractivity contribution in [1.29, 1.82) is 0 Å². The summed E-state index contributed by atoms with van der Waals surface area (Å²) in [6.07, 6.45) is 0. The summed E-state index contributed by atoms with van der Waals surface area (Å²) in [7, 11) is 4.14. The summed E-state index contributed by atoms with van der Waals surface area (Å²) in [4.78, 5) is 0. The van der Waals surface area contributed by atoms with Crippen molar-refractivity contribution in [1.82, 2.24) is 4.67 Å². The molecule has 1 nitrogen and oxygen atoms in total. The number of hydrogen-bond acceptors (Lipinski definition) is 1. The molecule has 0 amide bonds. The first-order valence-electron chi connectivity index (χ1n) is 1.60. The molecule has 7 heavy (non-hydrogen) atoms. The number of rotatable bonds is 1. The van der Waals surface area contributed by atoms with Crippen LogP contribution in [-0.2, 0) is 0 Å². The van der Waals surface area contributed by atoms with E-state index in [4.69, 9.17) is 0 Å². The van der Waals surface area contributed by atoms with Gasteiger partial charge in [-0.2, -0.15) is 4.67 Å². The van der Waals surface area contributed by atoms with Crippen molar-refractivity contribution in [2.45, 2.75) is 0 Å². The van der Waals surface area contributed by atoms with Crippen molar-refractivity contribution in [3.63, 3.8) is 0 Å². The van der Waals surface area contributed by atoms with E-state index in [-0.39, 0.29) is 0 Å². The van der Waals surface area contributed by atoms with Crippen LogP contribution >= 0.6 is 61.0 Å². The normalized spacial score (nSPS) is 12.9. The molecule has 0 aliphatic rings. The topological polar surface area (TPSA) is 3.24 Å². The third-order valence-electron chi connectivity index (χ3n) is 0.454. The van der Waals surface area contributed by atoms with Gasteiger partial charge in [0.1, 0.15) is 0 Å². The van der Waals surface area contributed by atoms with Crippen molar-refractivity contribution in [2.24, 2.45) is 0 Å². The minimum Gasteiger partial charge on any atom is -0.160 e. The number of nitrogens with zero attached hydrogens (tertiary/aromatic N) is 1. The van der Waals surface area contributed by atoms with Gasteiger partial charge in [-0.25, -0.2) is 0 Å². The summed E-state index contributed by atoms with van der Waals surface area (Å²) < 4.78 is 1.29. The van der Waals surface area contributed by atoms with Crippen molar-refractivity contribution in [2.75, 3.05) is 14.1 Å². The van der Waals surface area contributed by atoms with Crippen LogP contribution in [0.25, 0.3) is 0 Å². The lowest BCUT2D eigenvalue weighted by Crippen LogP contribution is -1.99. The molecule has 0 unspecified atom stereocenters. The van der Waals surface area contributed by atoms with E-state index in [1.54, 1.807) is 0 Å².